The molecule has 1 heterocycles. The minimum absolute atomic E-state index is 0.0380. The largest absolute Gasteiger partial charge is 0.497 e. The molecule has 0 bridgehead atoms. The quantitative estimate of drug-likeness (QED) is 0.835. The van der Waals surface area contributed by atoms with Gasteiger partial charge >= 0.3 is 6.03 Å². The van der Waals surface area contributed by atoms with Crippen molar-refractivity contribution >= 4 is 6.03 Å². The van der Waals surface area contributed by atoms with E-state index in [9.17, 15) is 4.79 Å². The molecular formula is C20H24N2O4. The lowest BCUT2D eigenvalue weighted by molar-refractivity contribution is 0.212. The van der Waals surface area contributed by atoms with Crippen LogP contribution in [-0.4, -0.2) is 32.9 Å². The molecule has 6 heteroatoms. The fourth-order valence-electron chi connectivity index (χ4n) is 3.08. The summed E-state index contributed by atoms with van der Waals surface area (Å²) in [4.78, 5) is 12.2. The summed E-state index contributed by atoms with van der Waals surface area (Å²) in [5.41, 5.74) is 2.06. The summed E-state index contributed by atoms with van der Waals surface area (Å²) in [6.07, 6.45) is 0.766. The van der Waals surface area contributed by atoms with Crippen LogP contribution in [0.3, 0.4) is 0 Å². The van der Waals surface area contributed by atoms with E-state index in [-0.39, 0.29) is 18.2 Å². The number of urea groups is 1. The van der Waals surface area contributed by atoms with Crippen LogP contribution in [0, 0.1) is 0 Å². The molecule has 2 atom stereocenters. The molecule has 0 unspecified atom stereocenters. The Bertz CT molecular complexity index is 753. The summed E-state index contributed by atoms with van der Waals surface area (Å²) in [5.74, 6) is 2.28. The van der Waals surface area contributed by atoms with Gasteiger partial charge in [0.2, 0.25) is 0 Å². The lowest BCUT2D eigenvalue weighted by atomic mass is 10.1. The Labute approximate surface area is 153 Å². The highest BCUT2D eigenvalue weighted by molar-refractivity contribution is 5.74. The smallest absolute Gasteiger partial charge is 0.315 e. The average Bonchev–Trinajstić information content (AvgIpc) is 3.08. The van der Waals surface area contributed by atoms with Crippen LogP contribution in [0.2, 0.25) is 0 Å². The number of ether oxygens (including phenoxy) is 3. The van der Waals surface area contributed by atoms with Gasteiger partial charge in [-0.3, -0.25) is 0 Å². The van der Waals surface area contributed by atoms with E-state index in [2.05, 4.69) is 10.6 Å². The van der Waals surface area contributed by atoms with Gasteiger partial charge in [-0.25, -0.2) is 4.79 Å². The molecule has 2 aromatic rings. The molecule has 138 valence electrons. The van der Waals surface area contributed by atoms with E-state index < -0.39 is 0 Å². The molecule has 0 fully saturated rings. The van der Waals surface area contributed by atoms with Crippen molar-refractivity contribution in [2.24, 2.45) is 0 Å². The van der Waals surface area contributed by atoms with Gasteiger partial charge in [0.25, 0.3) is 0 Å². The van der Waals surface area contributed by atoms with E-state index in [4.69, 9.17) is 14.2 Å². The van der Waals surface area contributed by atoms with Crippen LogP contribution in [0.25, 0.3) is 0 Å². The predicted molar refractivity (Wildman–Crippen MR) is 99.1 cm³/mol. The Morgan fingerprint density at radius 3 is 2.77 bits per heavy atom. The van der Waals surface area contributed by atoms with Crippen LogP contribution >= 0.6 is 0 Å². The van der Waals surface area contributed by atoms with Gasteiger partial charge in [0.05, 0.1) is 26.8 Å². The van der Waals surface area contributed by atoms with Gasteiger partial charge in [-0.1, -0.05) is 18.2 Å². The Morgan fingerprint density at radius 2 is 2.04 bits per heavy atom. The zero-order valence-electron chi connectivity index (χ0n) is 15.2. The number of carbonyl (C=O) groups excluding carboxylic acids is 1. The molecule has 0 aliphatic carbocycles. The predicted octanol–water partition coefficient (Wildman–Crippen LogP) is 3.07. The molecule has 0 radical (unpaired) electrons. The topological polar surface area (TPSA) is 68.8 Å². The first kappa shape index (κ1) is 17.9. The average molecular weight is 356 g/mol. The second-order valence-electron chi connectivity index (χ2n) is 6.24. The third-order valence-electron chi connectivity index (χ3n) is 4.46. The van der Waals surface area contributed by atoms with Crippen molar-refractivity contribution in [3.8, 4) is 17.2 Å². The monoisotopic (exact) mass is 356 g/mol. The number of rotatable bonds is 6. The molecule has 0 saturated heterocycles. The molecule has 2 aromatic carbocycles. The molecule has 6 nitrogen and oxygen atoms in total. The van der Waals surface area contributed by atoms with Gasteiger partial charge in [0.15, 0.2) is 0 Å². The zero-order valence-corrected chi connectivity index (χ0v) is 15.2. The number of nitrogens with one attached hydrogen (secondary N) is 2. The lowest BCUT2D eigenvalue weighted by Gasteiger charge is -2.19. The maximum atomic E-state index is 12.2. The minimum Gasteiger partial charge on any atom is -0.497 e. The number of methoxy groups -OCH3 is 2. The van der Waals surface area contributed by atoms with E-state index in [1.165, 1.54) is 5.56 Å². The summed E-state index contributed by atoms with van der Waals surface area (Å²) < 4.78 is 16.4. The van der Waals surface area contributed by atoms with Crippen LogP contribution in [0.15, 0.2) is 42.5 Å². The van der Waals surface area contributed by atoms with Crippen molar-refractivity contribution in [2.45, 2.75) is 25.5 Å². The number of hydrogen-bond donors (Lipinski definition) is 2. The number of benzene rings is 2. The van der Waals surface area contributed by atoms with Crippen molar-refractivity contribution in [3.63, 3.8) is 0 Å². The van der Waals surface area contributed by atoms with Gasteiger partial charge in [-0.15, -0.1) is 0 Å². The lowest BCUT2D eigenvalue weighted by Crippen LogP contribution is -2.41. The summed E-state index contributed by atoms with van der Waals surface area (Å²) >= 11 is 0. The van der Waals surface area contributed by atoms with Crippen molar-refractivity contribution < 1.29 is 19.0 Å². The maximum Gasteiger partial charge on any atom is 0.315 e. The minimum atomic E-state index is -0.241. The third kappa shape index (κ3) is 4.02. The van der Waals surface area contributed by atoms with Crippen LogP contribution in [0.5, 0.6) is 17.2 Å². The molecule has 26 heavy (non-hydrogen) atoms. The molecule has 1 aliphatic heterocycles. The first-order valence-corrected chi connectivity index (χ1v) is 8.61. The molecular weight excluding hydrogens is 332 g/mol. The molecule has 0 saturated carbocycles. The highest BCUT2D eigenvalue weighted by atomic mass is 16.5. The fraction of sp³-hybridized carbons (Fsp3) is 0.350. The Kier molecular flexibility index (Phi) is 5.51. The van der Waals surface area contributed by atoms with Crippen LogP contribution in [-0.2, 0) is 6.42 Å². The van der Waals surface area contributed by atoms with Crippen molar-refractivity contribution in [2.75, 3.05) is 20.8 Å². The van der Waals surface area contributed by atoms with E-state index in [0.29, 0.717) is 18.0 Å². The fourth-order valence-corrected chi connectivity index (χ4v) is 3.08. The van der Waals surface area contributed by atoms with Crippen LogP contribution in [0.4, 0.5) is 4.79 Å². The summed E-state index contributed by atoms with van der Waals surface area (Å²) in [6, 6.07) is 13.0. The first-order chi connectivity index (χ1) is 12.6. The number of carbonyl (C=O) groups is 1. The van der Waals surface area contributed by atoms with Gasteiger partial charge in [-0.2, -0.15) is 0 Å². The van der Waals surface area contributed by atoms with Crippen LogP contribution in [0.1, 0.15) is 24.1 Å². The van der Waals surface area contributed by atoms with E-state index >= 15 is 0 Å². The second kappa shape index (κ2) is 7.99. The Morgan fingerprint density at radius 1 is 1.23 bits per heavy atom. The van der Waals surface area contributed by atoms with Gasteiger partial charge in [0, 0.05) is 18.1 Å². The normalized spacial score (nSPS) is 16.2. The zero-order chi connectivity index (χ0) is 18.5. The van der Waals surface area contributed by atoms with E-state index in [1.54, 1.807) is 20.3 Å². The van der Waals surface area contributed by atoms with Crippen molar-refractivity contribution in [1.29, 1.82) is 0 Å². The highest BCUT2D eigenvalue weighted by Crippen LogP contribution is 2.29. The Balaban J connectivity index is 1.52. The van der Waals surface area contributed by atoms with Gasteiger partial charge in [-0.05, 0) is 30.7 Å². The highest BCUT2D eigenvalue weighted by Gasteiger charge is 2.23. The number of amides is 2. The number of para-hydroxylation sites is 1. The van der Waals surface area contributed by atoms with Gasteiger partial charge in [0.1, 0.15) is 23.4 Å². The SMILES string of the molecule is COc1ccc([C@@H](C)NC(=O)NC[C@H]2Cc3ccccc3O2)c(OC)c1. The third-order valence-corrected chi connectivity index (χ3v) is 4.46. The molecule has 2 N–H and O–H groups in total. The summed E-state index contributed by atoms with van der Waals surface area (Å²) in [7, 11) is 3.20. The van der Waals surface area contributed by atoms with Gasteiger partial charge < -0.3 is 24.8 Å². The number of hydrogen-bond acceptors (Lipinski definition) is 4. The van der Waals surface area contributed by atoms with E-state index in [1.807, 2.05) is 43.3 Å². The molecule has 3 rings (SSSR count). The number of fused-ring (bicyclic) bond motifs is 1. The van der Waals surface area contributed by atoms with Crippen LogP contribution < -0.4 is 24.8 Å². The van der Waals surface area contributed by atoms with Crippen molar-refractivity contribution in [3.05, 3.63) is 53.6 Å². The molecule has 1 aliphatic rings. The second-order valence-corrected chi connectivity index (χ2v) is 6.24. The summed E-state index contributed by atoms with van der Waals surface area (Å²) in [6.45, 7) is 2.36. The summed E-state index contributed by atoms with van der Waals surface area (Å²) in [5, 5.41) is 5.81. The molecule has 2 amide bonds. The van der Waals surface area contributed by atoms with E-state index in [0.717, 1.165) is 17.7 Å². The Hall–Kier alpha value is -2.89. The standard InChI is InChI=1S/C20H24N2O4/c1-13(17-9-8-15(24-2)11-19(17)25-3)22-20(23)21-12-16-10-14-6-4-5-7-18(14)26-16/h4-9,11,13,16H,10,12H2,1-3H3,(H2,21,22,23)/t13-,16-/m1/s1. The van der Waals surface area contributed by atoms with Crippen molar-refractivity contribution in [1.82, 2.24) is 10.6 Å². The molecule has 0 spiro atoms. The first-order valence-electron chi connectivity index (χ1n) is 8.61. The maximum absolute atomic E-state index is 12.2. The molecule has 0 aromatic heterocycles.